The van der Waals surface area contributed by atoms with Crippen LogP contribution < -0.4 is 4.90 Å². The third-order valence-corrected chi connectivity index (χ3v) is 4.42. The standard InChI is InChI=1S/C15H24N2O7S2/c1-13-11-15(6-5-14(13)12-16-22-2)17(7-9-23-25(3,18)19)8-10-24-26(4,20)21/h5-6,11-12H,7-10H2,1-4H3. The van der Waals surface area contributed by atoms with Crippen molar-refractivity contribution >= 4 is 32.1 Å². The van der Waals surface area contributed by atoms with Crippen molar-refractivity contribution in [2.75, 3.05) is 50.8 Å². The molecule has 1 aromatic carbocycles. The van der Waals surface area contributed by atoms with Crippen LogP contribution in [0.2, 0.25) is 0 Å². The summed E-state index contributed by atoms with van der Waals surface area (Å²) in [5.74, 6) is 0. The van der Waals surface area contributed by atoms with Gasteiger partial charge in [-0.25, -0.2) is 0 Å². The Kier molecular flexibility index (Phi) is 8.47. The quantitative estimate of drug-likeness (QED) is 0.299. The van der Waals surface area contributed by atoms with Crippen LogP contribution in [-0.4, -0.2) is 69.0 Å². The molecule has 0 atom stereocenters. The summed E-state index contributed by atoms with van der Waals surface area (Å²) in [5, 5.41) is 3.72. The summed E-state index contributed by atoms with van der Waals surface area (Å²) in [6.07, 6.45) is 3.51. The smallest absolute Gasteiger partial charge is 0.264 e. The Morgan fingerprint density at radius 2 is 1.58 bits per heavy atom. The van der Waals surface area contributed by atoms with Crippen molar-refractivity contribution < 1.29 is 30.0 Å². The summed E-state index contributed by atoms with van der Waals surface area (Å²) >= 11 is 0. The lowest BCUT2D eigenvalue weighted by atomic mass is 10.1. The molecule has 9 nitrogen and oxygen atoms in total. The van der Waals surface area contributed by atoms with E-state index in [1.165, 1.54) is 7.11 Å². The minimum absolute atomic E-state index is 0.0658. The molecule has 0 amide bonds. The van der Waals surface area contributed by atoms with Gasteiger partial charge in [0.15, 0.2) is 0 Å². The van der Waals surface area contributed by atoms with Gasteiger partial charge in [-0.05, 0) is 30.2 Å². The van der Waals surface area contributed by atoms with Crippen LogP contribution in [0.3, 0.4) is 0 Å². The summed E-state index contributed by atoms with van der Waals surface area (Å²) in [5.41, 5.74) is 2.54. The number of hydrogen-bond acceptors (Lipinski definition) is 9. The maximum Gasteiger partial charge on any atom is 0.264 e. The van der Waals surface area contributed by atoms with Gasteiger partial charge in [0.2, 0.25) is 0 Å². The summed E-state index contributed by atoms with van der Waals surface area (Å²) in [6.45, 7) is 2.24. The molecule has 148 valence electrons. The molecule has 0 aliphatic rings. The number of hydrogen-bond donors (Lipinski definition) is 0. The van der Waals surface area contributed by atoms with Crippen molar-refractivity contribution in [3.63, 3.8) is 0 Å². The van der Waals surface area contributed by atoms with Crippen LogP contribution in [0.15, 0.2) is 23.4 Å². The largest absolute Gasteiger partial charge is 0.399 e. The van der Waals surface area contributed by atoms with Gasteiger partial charge in [-0.3, -0.25) is 8.37 Å². The molecule has 0 aliphatic carbocycles. The molecule has 1 rings (SSSR count). The second kappa shape index (κ2) is 9.86. The van der Waals surface area contributed by atoms with E-state index >= 15 is 0 Å². The van der Waals surface area contributed by atoms with Gasteiger partial charge >= 0.3 is 0 Å². The first kappa shape index (κ1) is 22.4. The van der Waals surface area contributed by atoms with Gasteiger partial charge in [-0.1, -0.05) is 11.2 Å². The minimum Gasteiger partial charge on any atom is -0.399 e. The molecule has 0 bridgehead atoms. The number of aryl methyl sites for hydroxylation is 1. The Labute approximate surface area is 154 Å². The summed E-state index contributed by atoms with van der Waals surface area (Å²) in [4.78, 5) is 6.44. The lowest BCUT2D eigenvalue weighted by Crippen LogP contribution is -2.32. The van der Waals surface area contributed by atoms with Crippen molar-refractivity contribution in [1.82, 2.24) is 0 Å². The van der Waals surface area contributed by atoms with Gasteiger partial charge in [-0.2, -0.15) is 16.8 Å². The Bertz CT molecular complexity index is 782. The second-order valence-corrected chi connectivity index (χ2v) is 8.79. The number of benzene rings is 1. The molecule has 26 heavy (non-hydrogen) atoms. The molecule has 0 spiro atoms. The lowest BCUT2D eigenvalue weighted by Gasteiger charge is -2.25. The van der Waals surface area contributed by atoms with Crippen LogP contribution in [0.5, 0.6) is 0 Å². The highest BCUT2D eigenvalue weighted by molar-refractivity contribution is 7.86. The predicted octanol–water partition coefficient (Wildman–Crippen LogP) is 0.734. The summed E-state index contributed by atoms with van der Waals surface area (Å²) < 4.78 is 54.0. The second-order valence-electron chi connectivity index (χ2n) is 5.50. The number of anilines is 1. The highest BCUT2D eigenvalue weighted by atomic mass is 32.2. The zero-order valence-electron chi connectivity index (χ0n) is 15.2. The molecule has 11 heteroatoms. The molecule has 0 saturated heterocycles. The molecule has 0 aromatic heterocycles. The van der Waals surface area contributed by atoms with Crippen molar-refractivity contribution in [3.05, 3.63) is 29.3 Å². The van der Waals surface area contributed by atoms with E-state index in [9.17, 15) is 16.8 Å². The Balaban J connectivity index is 2.91. The molecule has 0 radical (unpaired) electrons. The van der Waals surface area contributed by atoms with Crippen molar-refractivity contribution in [3.8, 4) is 0 Å². The van der Waals surface area contributed by atoms with Gasteiger partial charge in [0.25, 0.3) is 20.2 Å². The normalized spacial score (nSPS) is 12.5. The SMILES string of the molecule is CON=Cc1ccc(N(CCOS(C)(=O)=O)CCOS(C)(=O)=O)cc1C. The first-order valence-corrected chi connectivity index (χ1v) is 11.3. The van der Waals surface area contributed by atoms with Crippen molar-refractivity contribution in [1.29, 1.82) is 0 Å². The average Bonchev–Trinajstić information content (AvgIpc) is 2.50. The van der Waals surface area contributed by atoms with Gasteiger partial charge in [0.05, 0.1) is 31.9 Å². The average molecular weight is 408 g/mol. The first-order chi connectivity index (χ1) is 12.0. The minimum atomic E-state index is -3.56. The van der Waals surface area contributed by atoms with Crippen LogP contribution in [0, 0.1) is 6.92 Å². The Hall–Kier alpha value is -1.69. The fraction of sp³-hybridized carbons (Fsp3) is 0.533. The van der Waals surface area contributed by atoms with E-state index in [-0.39, 0.29) is 26.3 Å². The van der Waals surface area contributed by atoms with Gasteiger partial charge in [0, 0.05) is 18.8 Å². The summed E-state index contributed by atoms with van der Waals surface area (Å²) in [6, 6.07) is 5.51. The Morgan fingerprint density at radius 1 is 1.04 bits per heavy atom. The van der Waals surface area contributed by atoms with Gasteiger partial charge in [-0.15, -0.1) is 0 Å². The Morgan fingerprint density at radius 3 is 2.00 bits per heavy atom. The third kappa shape index (κ3) is 9.13. The molecule has 0 unspecified atom stereocenters. The van der Waals surface area contributed by atoms with Crippen LogP contribution in [0.1, 0.15) is 11.1 Å². The topological polar surface area (TPSA) is 112 Å². The molecule has 1 aromatic rings. The van der Waals surface area contributed by atoms with E-state index < -0.39 is 20.2 Å². The number of rotatable bonds is 11. The van der Waals surface area contributed by atoms with Crippen molar-refractivity contribution in [2.24, 2.45) is 5.16 Å². The van der Waals surface area contributed by atoms with E-state index in [1.54, 1.807) is 11.1 Å². The third-order valence-electron chi connectivity index (χ3n) is 3.23. The fourth-order valence-corrected chi connectivity index (χ4v) is 2.83. The number of oxime groups is 1. The number of nitrogens with zero attached hydrogens (tertiary/aromatic N) is 2. The molecular weight excluding hydrogens is 384 g/mol. The maximum absolute atomic E-state index is 11.1. The first-order valence-electron chi connectivity index (χ1n) is 7.63. The van der Waals surface area contributed by atoms with Crippen LogP contribution in [0.4, 0.5) is 5.69 Å². The van der Waals surface area contributed by atoms with E-state index in [0.717, 1.165) is 29.3 Å². The molecule has 0 heterocycles. The highest BCUT2D eigenvalue weighted by Crippen LogP contribution is 2.18. The van der Waals surface area contributed by atoms with Crippen LogP contribution in [0.25, 0.3) is 0 Å². The van der Waals surface area contributed by atoms with Crippen LogP contribution in [-0.2, 0) is 33.4 Å². The van der Waals surface area contributed by atoms with Gasteiger partial charge < -0.3 is 9.74 Å². The zero-order chi connectivity index (χ0) is 19.8. The molecule has 0 saturated carbocycles. The fourth-order valence-electron chi connectivity index (χ4n) is 2.08. The lowest BCUT2D eigenvalue weighted by molar-refractivity contribution is 0.215. The monoisotopic (exact) mass is 408 g/mol. The van der Waals surface area contributed by atoms with Crippen molar-refractivity contribution in [2.45, 2.75) is 6.92 Å². The van der Waals surface area contributed by atoms with Crippen LogP contribution >= 0.6 is 0 Å². The highest BCUT2D eigenvalue weighted by Gasteiger charge is 2.12. The molecule has 0 fully saturated rings. The van der Waals surface area contributed by atoms with E-state index in [0.29, 0.717) is 0 Å². The predicted molar refractivity (Wildman–Crippen MR) is 99.6 cm³/mol. The van der Waals surface area contributed by atoms with Gasteiger partial charge in [0.1, 0.15) is 7.11 Å². The molecule has 0 aliphatic heterocycles. The zero-order valence-corrected chi connectivity index (χ0v) is 16.8. The molecular formula is C15H24N2O7S2. The molecule has 0 N–H and O–H groups in total. The van der Waals surface area contributed by atoms with E-state index in [2.05, 4.69) is 9.99 Å². The maximum atomic E-state index is 11.1. The summed E-state index contributed by atoms with van der Waals surface area (Å²) in [7, 11) is -5.66. The van der Waals surface area contributed by atoms with E-state index in [4.69, 9.17) is 8.37 Å². The van der Waals surface area contributed by atoms with E-state index in [1.807, 2.05) is 25.1 Å².